The number of nitrogens with zero attached hydrogens (tertiary/aromatic N) is 4. The van der Waals surface area contributed by atoms with Gasteiger partial charge in [-0.2, -0.15) is 10.3 Å². The third kappa shape index (κ3) is 7.44. The summed E-state index contributed by atoms with van der Waals surface area (Å²) in [6, 6.07) is 0.0753. The lowest BCUT2D eigenvalue weighted by molar-refractivity contribution is 0.208. The van der Waals surface area contributed by atoms with Gasteiger partial charge in [-0.25, -0.2) is 4.98 Å². The Morgan fingerprint density at radius 2 is 2.35 bits per heavy atom. The van der Waals surface area contributed by atoms with E-state index < -0.39 is 0 Å². The molecule has 0 spiro atoms. The predicted molar refractivity (Wildman–Crippen MR) is 91.4 cm³/mol. The summed E-state index contributed by atoms with van der Waals surface area (Å²) >= 11 is 1.38. The molecule has 0 bridgehead atoms. The van der Waals surface area contributed by atoms with Crippen LogP contribution in [0.4, 0.5) is 5.13 Å². The maximum atomic E-state index is 8.79. The molecule has 0 saturated carbocycles. The van der Waals surface area contributed by atoms with Crippen LogP contribution in [0.25, 0.3) is 0 Å². The topological polar surface area (TPSA) is 147 Å². The van der Waals surface area contributed by atoms with Gasteiger partial charge in [-0.05, 0) is 6.42 Å². The number of aliphatic imine (C=N–C) groups is 2. The molecule has 126 valence electrons. The Hall–Kier alpha value is -2.38. The number of nitrogens with one attached hydrogen (secondary N) is 2. The first-order valence-corrected chi connectivity index (χ1v) is 7.96. The number of ether oxygens (including phenoxy) is 1. The highest BCUT2D eigenvalue weighted by Gasteiger charge is 2.12. The zero-order valence-corrected chi connectivity index (χ0v) is 14.1. The highest BCUT2D eigenvalue weighted by molar-refractivity contribution is 7.13. The van der Waals surface area contributed by atoms with Crippen molar-refractivity contribution < 1.29 is 4.74 Å². The standard InChI is InChI=1S/C13H22N8OS/c1-3-9(19-12(18-8-14)17-4-5-22-2)6-10-7-23-13(20-10)21-11(15)16/h7,9H,3-6H2,1-2H3,(H2,17,18,19)(H4,15,16,20,21). The van der Waals surface area contributed by atoms with Crippen LogP contribution in [0.1, 0.15) is 19.0 Å². The molecule has 1 aromatic heterocycles. The van der Waals surface area contributed by atoms with Crippen molar-refractivity contribution in [1.29, 1.82) is 5.26 Å². The van der Waals surface area contributed by atoms with Gasteiger partial charge >= 0.3 is 0 Å². The zero-order valence-electron chi connectivity index (χ0n) is 13.2. The summed E-state index contributed by atoms with van der Waals surface area (Å²) in [5, 5.41) is 17.0. The van der Waals surface area contributed by atoms with E-state index in [-0.39, 0.29) is 12.0 Å². The lowest BCUT2D eigenvalue weighted by Gasteiger charge is -2.17. The second kappa shape index (κ2) is 10.4. The van der Waals surface area contributed by atoms with Gasteiger partial charge in [0, 0.05) is 25.0 Å². The lowest BCUT2D eigenvalue weighted by Crippen LogP contribution is -2.42. The van der Waals surface area contributed by atoms with Crippen LogP contribution in [-0.4, -0.2) is 43.2 Å². The minimum absolute atomic E-state index is 0.0122. The molecular weight excluding hydrogens is 316 g/mol. The van der Waals surface area contributed by atoms with E-state index in [1.54, 1.807) is 7.11 Å². The minimum Gasteiger partial charge on any atom is -0.383 e. The highest BCUT2D eigenvalue weighted by Crippen LogP contribution is 2.19. The quantitative estimate of drug-likeness (QED) is 0.172. The van der Waals surface area contributed by atoms with E-state index in [4.69, 9.17) is 21.5 Å². The average Bonchev–Trinajstić information content (AvgIpc) is 2.93. The van der Waals surface area contributed by atoms with Crippen molar-refractivity contribution in [3.05, 3.63) is 11.1 Å². The minimum atomic E-state index is -0.0122. The number of aromatic nitrogens is 1. The summed E-state index contributed by atoms with van der Waals surface area (Å²) in [5.41, 5.74) is 11.5. The van der Waals surface area contributed by atoms with Gasteiger partial charge < -0.3 is 21.5 Å². The monoisotopic (exact) mass is 338 g/mol. The van der Waals surface area contributed by atoms with Crippen LogP contribution >= 0.6 is 11.3 Å². The van der Waals surface area contributed by atoms with Crippen LogP contribution < -0.4 is 22.1 Å². The van der Waals surface area contributed by atoms with Crippen LogP contribution in [0, 0.1) is 11.5 Å². The van der Waals surface area contributed by atoms with Crippen molar-refractivity contribution in [2.75, 3.05) is 20.3 Å². The molecule has 0 saturated heterocycles. The normalized spacial score (nSPS) is 12.3. The second-order valence-electron chi connectivity index (χ2n) is 4.57. The van der Waals surface area contributed by atoms with E-state index in [9.17, 15) is 0 Å². The lowest BCUT2D eigenvalue weighted by atomic mass is 10.1. The molecular formula is C13H22N8OS. The fourth-order valence-corrected chi connectivity index (χ4v) is 2.44. The van der Waals surface area contributed by atoms with Crippen LogP contribution in [-0.2, 0) is 11.2 Å². The molecule has 0 aromatic carbocycles. The number of methoxy groups -OCH3 is 1. The molecule has 1 heterocycles. The van der Waals surface area contributed by atoms with Gasteiger partial charge in [0.25, 0.3) is 0 Å². The molecule has 1 unspecified atom stereocenters. The largest absolute Gasteiger partial charge is 0.383 e. The molecule has 1 aromatic rings. The van der Waals surface area contributed by atoms with Gasteiger partial charge in [-0.1, -0.05) is 6.92 Å². The summed E-state index contributed by atoms with van der Waals surface area (Å²) in [5.74, 6) is 0.415. The number of guanidine groups is 2. The van der Waals surface area contributed by atoms with Crippen LogP contribution in [0.3, 0.4) is 0 Å². The van der Waals surface area contributed by atoms with E-state index in [0.717, 1.165) is 12.1 Å². The molecule has 10 heteroatoms. The second-order valence-corrected chi connectivity index (χ2v) is 5.41. The van der Waals surface area contributed by atoms with Crippen molar-refractivity contribution >= 4 is 28.4 Å². The molecule has 0 fully saturated rings. The molecule has 0 aliphatic heterocycles. The molecule has 1 rings (SSSR count). The van der Waals surface area contributed by atoms with E-state index in [2.05, 4.69) is 25.6 Å². The number of thiazole rings is 1. The van der Waals surface area contributed by atoms with Crippen LogP contribution in [0.15, 0.2) is 15.4 Å². The van der Waals surface area contributed by atoms with Crippen LogP contribution in [0.5, 0.6) is 0 Å². The number of nitriles is 1. The van der Waals surface area contributed by atoms with E-state index >= 15 is 0 Å². The van der Waals surface area contributed by atoms with Crippen molar-refractivity contribution in [1.82, 2.24) is 15.6 Å². The molecule has 0 aliphatic rings. The summed E-state index contributed by atoms with van der Waals surface area (Å²) in [6.45, 7) is 3.00. The Kier molecular flexibility index (Phi) is 8.41. The fraction of sp³-hybridized carbons (Fsp3) is 0.538. The number of hydrogen-bond donors (Lipinski definition) is 4. The van der Waals surface area contributed by atoms with Gasteiger partial charge in [0.05, 0.1) is 18.8 Å². The van der Waals surface area contributed by atoms with Crippen LogP contribution in [0.2, 0.25) is 0 Å². The number of rotatable bonds is 8. The van der Waals surface area contributed by atoms with Crippen molar-refractivity contribution in [3.8, 4) is 6.19 Å². The van der Waals surface area contributed by atoms with Crippen molar-refractivity contribution in [2.24, 2.45) is 21.5 Å². The molecule has 9 nitrogen and oxygen atoms in total. The van der Waals surface area contributed by atoms with Gasteiger partial charge in [-0.3, -0.25) is 10.3 Å². The Labute approximate surface area is 139 Å². The Morgan fingerprint density at radius 3 is 2.96 bits per heavy atom. The summed E-state index contributed by atoms with van der Waals surface area (Å²) < 4.78 is 4.94. The number of nitrogens with two attached hydrogens (primary N) is 2. The summed E-state index contributed by atoms with van der Waals surface area (Å²) in [7, 11) is 1.60. The third-order valence-corrected chi connectivity index (χ3v) is 3.58. The van der Waals surface area contributed by atoms with E-state index in [1.807, 2.05) is 18.5 Å². The summed E-state index contributed by atoms with van der Waals surface area (Å²) in [4.78, 5) is 12.5. The van der Waals surface area contributed by atoms with Crippen molar-refractivity contribution in [3.63, 3.8) is 0 Å². The molecule has 0 amide bonds. The Morgan fingerprint density at radius 1 is 1.57 bits per heavy atom. The smallest absolute Gasteiger partial charge is 0.212 e. The zero-order chi connectivity index (χ0) is 17.1. The first-order valence-electron chi connectivity index (χ1n) is 7.08. The molecule has 0 aliphatic carbocycles. The van der Waals surface area contributed by atoms with Crippen molar-refractivity contribution in [2.45, 2.75) is 25.8 Å². The Bertz CT molecular complexity index is 573. The maximum Gasteiger partial charge on any atom is 0.212 e. The number of hydrogen-bond acceptors (Lipinski definition) is 6. The molecule has 0 radical (unpaired) electrons. The summed E-state index contributed by atoms with van der Waals surface area (Å²) in [6.07, 6.45) is 3.38. The maximum absolute atomic E-state index is 8.79. The third-order valence-electron chi connectivity index (χ3n) is 2.79. The van der Waals surface area contributed by atoms with Gasteiger partial charge in [0.15, 0.2) is 12.2 Å². The van der Waals surface area contributed by atoms with Gasteiger partial charge in [0.1, 0.15) is 0 Å². The SMILES string of the molecule is CCC(Cc1csc(N=C(N)N)n1)NC(=NCCOC)NC#N. The average molecular weight is 338 g/mol. The molecule has 6 N–H and O–H groups in total. The first kappa shape index (κ1) is 18.7. The van der Waals surface area contributed by atoms with Gasteiger partial charge in [0.2, 0.25) is 11.1 Å². The molecule has 1 atom stereocenters. The first-order chi connectivity index (χ1) is 11.1. The fourth-order valence-electron chi connectivity index (χ4n) is 1.72. The Balaban J connectivity index is 2.67. The highest BCUT2D eigenvalue weighted by atomic mass is 32.1. The predicted octanol–water partition coefficient (Wildman–Crippen LogP) is 0.0318. The van der Waals surface area contributed by atoms with E-state index in [1.165, 1.54) is 11.3 Å². The van der Waals surface area contributed by atoms with E-state index in [0.29, 0.717) is 30.7 Å². The molecule has 23 heavy (non-hydrogen) atoms. The van der Waals surface area contributed by atoms with Gasteiger partial charge in [-0.15, -0.1) is 11.3 Å².